The molecule has 198 valence electrons. The van der Waals surface area contributed by atoms with Crippen molar-refractivity contribution in [1.29, 1.82) is 0 Å². The molecule has 4 aromatic rings. The molecule has 3 heterocycles. The van der Waals surface area contributed by atoms with E-state index < -0.39 is 0 Å². The predicted octanol–water partition coefficient (Wildman–Crippen LogP) is 5.95. The number of amides is 2. The van der Waals surface area contributed by atoms with E-state index in [-0.39, 0.29) is 29.4 Å². The number of benzene rings is 3. The van der Waals surface area contributed by atoms with Gasteiger partial charge in [0.1, 0.15) is 12.4 Å². The quantitative estimate of drug-likeness (QED) is 0.316. The molecule has 0 aliphatic carbocycles. The van der Waals surface area contributed by atoms with Crippen molar-refractivity contribution in [2.45, 2.75) is 31.9 Å². The highest BCUT2D eigenvalue weighted by molar-refractivity contribution is 8.00. The van der Waals surface area contributed by atoms with E-state index in [4.69, 9.17) is 5.10 Å². The Labute approximate surface area is 233 Å². The van der Waals surface area contributed by atoms with Gasteiger partial charge in [0.25, 0.3) is 0 Å². The van der Waals surface area contributed by atoms with Crippen LogP contribution in [-0.4, -0.2) is 51.9 Å². The Bertz CT molecular complexity index is 1520. The summed E-state index contributed by atoms with van der Waals surface area (Å²) >= 11 is 1.62. The van der Waals surface area contributed by atoms with Crippen molar-refractivity contribution < 1.29 is 9.59 Å². The standard InChI is InChI=1S/C32H32N4O2S/c1-22-12-6-8-16-25(22)31-29-30(24-14-4-3-5-15-24)33-36(26-17-9-7-13-23(26)2)32(29)35(28(38)21-39-31)20-27(37)34-18-10-11-19-34/h3-9,12-17,31H,10-11,18-21H2,1-2H3. The molecule has 1 fully saturated rings. The largest absolute Gasteiger partial charge is 0.341 e. The monoisotopic (exact) mass is 536 g/mol. The second-order valence-corrected chi connectivity index (χ2v) is 11.4. The Balaban J connectivity index is 1.63. The van der Waals surface area contributed by atoms with E-state index in [1.54, 1.807) is 16.7 Å². The number of fused-ring (bicyclic) bond motifs is 1. The summed E-state index contributed by atoms with van der Waals surface area (Å²) in [5.41, 5.74) is 7.07. The summed E-state index contributed by atoms with van der Waals surface area (Å²) in [7, 11) is 0. The Morgan fingerprint density at radius 3 is 2.28 bits per heavy atom. The van der Waals surface area contributed by atoms with Crippen molar-refractivity contribution in [3.05, 3.63) is 101 Å². The highest BCUT2D eigenvalue weighted by atomic mass is 32.2. The van der Waals surface area contributed by atoms with Gasteiger partial charge in [0, 0.05) is 24.2 Å². The fourth-order valence-corrected chi connectivity index (χ4v) is 6.92. The molecule has 1 unspecified atom stereocenters. The van der Waals surface area contributed by atoms with Crippen molar-refractivity contribution in [2.75, 3.05) is 30.3 Å². The average Bonchev–Trinajstić information content (AvgIpc) is 3.60. The maximum absolute atomic E-state index is 13.9. The molecule has 2 aliphatic heterocycles. The number of carbonyl (C=O) groups is 2. The topological polar surface area (TPSA) is 58.4 Å². The summed E-state index contributed by atoms with van der Waals surface area (Å²) in [5, 5.41) is 5.09. The van der Waals surface area contributed by atoms with Crippen LogP contribution >= 0.6 is 11.8 Å². The second kappa shape index (κ2) is 10.7. The summed E-state index contributed by atoms with van der Waals surface area (Å²) < 4.78 is 1.90. The number of likely N-dealkylation sites (tertiary alicyclic amines) is 1. The Morgan fingerprint density at radius 2 is 1.56 bits per heavy atom. The van der Waals surface area contributed by atoms with E-state index in [1.165, 1.54) is 0 Å². The van der Waals surface area contributed by atoms with Gasteiger partial charge in [0.05, 0.1) is 22.4 Å². The van der Waals surface area contributed by atoms with E-state index in [1.807, 2.05) is 52.0 Å². The minimum absolute atomic E-state index is 0.00932. The first kappa shape index (κ1) is 25.4. The van der Waals surface area contributed by atoms with Crippen molar-refractivity contribution in [2.24, 2.45) is 0 Å². The first-order chi connectivity index (χ1) is 19.0. The number of aromatic nitrogens is 2. The molecule has 2 aliphatic rings. The SMILES string of the molecule is Cc1ccccc1C1SCC(=O)N(CC(=O)N2CCCC2)c2c1c(-c1ccccc1)nn2-c1ccccc1C. The highest BCUT2D eigenvalue weighted by Crippen LogP contribution is 2.49. The lowest BCUT2D eigenvalue weighted by Gasteiger charge is -2.26. The van der Waals surface area contributed by atoms with Crippen LogP contribution in [0, 0.1) is 13.8 Å². The second-order valence-electron chi connectivity index (χ2n) is 10.3. The summed E-state index contributed by atoms with van der Waals surface area (Å²) in [6.07, 6.45) is 2.02. The molecule has 0 saturated carbocycles. The van der Waals surface area contributed by atoms with Crippen LogP contribution in [0.4, 0.5) is 5.82 Å². The van der Waals surface area contributed by atoms with Gasteiger partial charge in [0.15, 0.2) is 0 Å². The number of aryl methyl sites for hydroxylation is 2. The molecular weight excluding hydrogens is 504 g/mol. The molecule has 6 rings (SSSR count). The Kier molecular flexibility index (Phi) is 7.00. The number of anilines is 1. The van der Waals surface area contributed by atoms with Gasteiger partial charge in [-0.15, -0.1) is 11.8 Å². The van der Waals surface area contributed by atoms with E-state index in [0.717, 1.165) is 65.1 Å². The molecule has 7 heteroatoms. The number of carbonyl (C=O) groups excluding carboxylic acids is 2. The molecule has 0 spiro atoms. The van der Waals surface area contributed by atoms with Gasteiger partial charge in [-0.2, -0.15) is 5.10 Å². The normalized spacial score (nSPS) is 17.3. The number of para-hydroxylation sites is 1. The zero-order valence-corrected chi connectivity index (χ0v) is 23.2. The fraction of sp³-hybridized carbons (Fsp3) is 0.281. The molecule has 3 aromatic carbocycles. The van der Waals surface area contributed by atoms with Gasteiger partial charge in [-0.25, -0.2) is 4.68 Å². The maximum Gasteiger partial charge on any atom is 0.242 e. The van der Waals surface area contributed by atoms with Gasteiger partial charge >= 0.3 is 0 Å². The molecule has 2 amide bonds. The Hall–Kier alpha value is -3.84. The van der Waals surface area contributed by atoms with Crippen LogP contribution in [0.1, 0.15) is 40.3 Å². The van der Waals surface area contributed by atoms with Crippen LogP contribution in [-0.2, 0) is 9.59 Å². The summed E-state index contributed by atoms with van der Waals surface area (Å²) in [6, 6.07) is 26.6. The minimum atomic E-state index is -0.120. The molecule has 6 nitrogen and oxygen atoms in total. The van der Waals surface area contributed by atoms with Crippen molar-refractivity contribution in [1.82, 2.24) is 14.7 Å². The lowest BCUT2D eigenvalue weighted by molar-refractivity contribution is -0.130. The third-order valence-electron chi connectivity index (χ3n) is 7.70. The average molecular weight is 537 g/mol. The van der Waals surface area contributed by atoms with Gasteiger partial charge < -0.3 is 4.90 Å². The zero-order chi connectivity index (χ0) is 26.9. The van der Waals surface area contributed by atoms with Crippen LogP contribution in [0.5, 0.6) is 0 Å². The predicted molar refractivity (Wildman–Crippen MR) is 157 cm³/mol. The maximum atomic E-state index is 13.9. The summed E-state index contributed by atoms with van der Waals surface area (Å²) in [6.45, 7) is 5.68. The van der Waals surface area contributed by atoms with Crippen molar-refractivity contribution >= 4 is 29.4 Å². The number of hydrogen-bond donors (Lipinski definition) is 0. The molecule has 0 N–H and O–H groups in total. The third kappa shape index (κ3) is 4.76. The van der Waals surface area contributed by atoms with Gasteiger partial charge in [0.2, 0.25) is 11.8 Å². The lowest BCUT2D eigenvalue weighted by Crippen LogP contribution is -2.43. The number of nitrogens with zero attached hydrogens (tertiary/aromatic N) is 4. The highest BCUT2D eigenvalue weighted by Gasteiger charge is 2.38. The molecule has 0 radical (unpaired) electrons. The van der Waals surface area contributed by atoms with Crippen molar-refractivity contribution in [3.8, 4) is 16.9 Å². The summed E-state index contributed by atoms with van der Waals surface area (Å²) in [4.78, 5) is 31.0. The first-order valence-corrected chi connectivity index (χ1v) is 14.6. The molecule has 0 bridgehead atoms. The molecular formula is C32H32N4O2S. The number of rotatable bonds is 5. The van der Waals surface area contributed by atoms with E-state index in [2.05, 4.69) is 50.2 Å². The van der Waals surface area contributed by atoms with Crippen LogP contribution in [0.25, 0.3) is 16.9 Å². The van der Waals surface area contributed by atoms with Crippen LogP contribution < -0.4 is 4.90 Å². The molecule has 39 heavy (non-hydrogen) atoms. The Morgan fingerprint density at radius 1 is 0.897 bits per heavy atom. The smallest absolute Gasteiger partial charge is 0.242 e. The first-order valence-electron chi connectivity index (χ1n) is 13.5. The molecule has 1 atom stereocenters. The lowest BCUT2D eigenvalue weighted by atomic mass is 9.96. The number of hydrogen-bond acceptors (Lipinski definition) is 4. The van der Waals surface area contributed by atoms with Gasteiger partial charge in [-0.05, 0) is 49.4 Å². The number of thioether (sulfide) groups is 1. The van der Waals surface area contributed by atoms with Crippen LogP contribution in [0.15, 0.2) is 78.9 Å². The summed E-state index contributed by atoms with van der Waals surface area (Å²) in [5.74, 6) is 0.895. The van der Waals surface area contributed by atoms with Gasteiger partial charge in [-0.3, -0.25) is 14.5 Å². The molecule has 1 saturated heterocycles. The van der Waals surface area contributed by atoms with Gasteiger partial charge in [-0.1, -0.05) is 72.8 Å². The van der Waals surface area contributed by atoms with E-state index in [9.17, 15) is 9.59 Å². The van der Waals surface area contributed by atoms with Crippen molar-refractivity contribution in [3.63, 3.8) is 0 Å². The molecule has 1 aromatic heterocycles. The zero-order valence-electron chi connectivity index (χ0n) is 22.3. The minimum Gasteiger partial charge on any atom is -0.341 e. The van der Waals surface area contributed by atoms with Crippen LogP contribution in [0.3, 0.4) is 0 Å². The fourth-order valence-electron chi connectivity index (χ4n) is 5.63. The third-order valence-corrected chi connectivity index (χ3v) is 8.94. The van der Waals surface area contributed by atoms with E-state index in [0.29, 0.717) is 5.82 Å². The van der Waals surface area contributed by atoms with E-state index >= 15 is 0 Å². The van der Waals surface area contributed by atoms with Crippen LogP contribution in [0.2, 0.25) is 0 Å².